The number of nitrogens with zero attached hydrogens (tertiary/aromatic N) is 2. The Kier molecular flexibility index (Phi) is 5.56. The van der Waals surface area contributed by atoms with Gasteiger partial charge in [-0.2, -0.15) is 4.98 Å². The van der Waals surface area contributed by atoms with E-state index in [9.17, 15) is 0 Å². The van der Waals surface area contributed by atoms with Crippen molar-refractivity contribution in [3.63, 3.8) is 0 Å². The summed E-state index contributed by atoms with van der Waals surface area (Å²) in [6.07, 6.45) is 6.77. The van der Waals surface area contributed by atoms with Crippen LogP contribution in [0.1, 0.15) is 36.5 Å². The third-order valence-corrected chi connectivity index (χ3v) is 2.94. The lowest BCUT2D eigenvalue weighted by atomic mass is 10.1. The molecule has 1 aromatic carbocycles. The Bertz CT molecular complexity index is 467. The van der Waals surface area contributed by atoms with E-state index in [0.29, 0.717) is 5.89 Å². The Morgan fingerprint density at radius 2 is 1.95 bits per heavy atom. The predicted molar refractivity (Wildman–Crippen MR) is 74.5 cm³/mol. The molecule has 2 rings (SSSR count). The zero-order valence-corrected chi connectivity index (χ0v) is 11.1. The van der Waals surface area contributed by atoms with Crippen molar-refractivity contribution in [2.24, 2.45) is 5.73 Å². The molecule has 0 amide bonds. The van der Waals surface area contributed by atoms with Gasteiger partial charge in [-0.05, 0) is 31.4 Å². The highest BCUT2D eigenvalue weighted by atomic mass is 16.5. The standard InChI is InChI=1S/C15H20N3O/c16-12-6-2-5-9-15-17-14(18-19-15)11-10-13-7-3-1-4-8-13/h1,3-4,7-9H,2,5-6,10-12,16H2. The molecule has 0 atom stereocenters. The molecule has 0 saturated heterocycles. The lowest BCUT2D eigenvalue weighted by molar-refractivity contribution is 0.388. The molecule has 0 aliphatic heterocycles. The van der Waals surface area contributed by atoms with Gasteiger partial charge in [0, 0.05) is 6.42 Å². The Labute approximate surface area is 114 Å². The molecule has 0 fully saturated rings. The maximum absolute atomic E-state index is 5.44. The lowest BCUT2D eigenvalue weighted by Crippen LogP contribution is -1.98. The van der Waals surface area contributed by atoms with Crippen LogP contribution in [-0.2, 0) is 12.8 Å². The van der Waals surface area contributed by atoms with Gasteiger partial charge in [0.05, 0.1) is 6.42 Å². The Morgan fingerprint density at radius 1 is 1.11 bits per heavy atom. The fourth-order valence-corrected chi connectivity index (χ4v) is 1.87. The average molecular weight is 258 g/mol. The van der Waals surface area contributed by atoms with Crippen LogP contribution in [0, 0.1) is 6.42 Å². The van der Waals surface area contributed by atoms with E-state index < -0.39 is 0 Å². The minimum Gasteiger partial charge on any atom is -0.339 e. The van der Waals surface area contributed by atoms with Crippen LogP contribution in [-0.4, -0.2) is 16.7 Å². The van der Waals surface area contributed by atoms with Crippen LogP contribution in [0.5, 0.6) is 0 Å². The predicted octanol–water partition coefficient (Wildman–Crippen LogP) is 2.54. The number of hydrogen-bond acceptors (Lipinski definition) is 4. The summed E-state index contributed by atoms with van der Waals surface area (Å²) in [5.41, 5.74) is 6.73. The molecule has 0 unspecified atom stereocenters. The second-order valence-corrected chi connectivity index (χ2v) is 4.52. The Balaban J connectivity index is 1.74. The van der Waals surface area contributed by atoms with Gasteiger partial charge in [-0.15, -0.1) is 0 Å². The van der Waals surface area contributed by atoms with Crippen molar-refractivity contribution < 1.29 is 4.52 Å². The van der Waals surface area contributed by atoms with Gasteiger partial charge in [-0.3, -0.25) is 0 Å². The molecule has 4 heteroatoms. The third kappa shape index (κ3) is 4.83. The number of benzene rings is 1. The van der Waals surface area contributed by atoms with Crippen molar-refractivity contribution in [3.8, 4) is 0 Å². The molecule has 101 valence electrons. The number of unbranched alkanes of at least 4 members (excludes halogenated alkanes) is 2. The van der Waals surface area contributed by atoms with Crippen LogP contribution in [0.2, 0.25) is 0 Å². The first-order chi connectivity index (χ1) is 9.38. The van der Waals surface area contributed by atoms with Gasteiger partial charge in [-0.25, -0.2) is 0 Å². The Morgan fingerprint density at radius 3 is 2.74 bits per heavy atom. The molecule has 0 aliphatic rings. The fourth-order valence-electron chi connectivity index (χ4n) is 1.87. The fraction of sp³-hybridized carbons (Fsp3) is 0.400. The minimum atomic E-state index is 0.625. The summed E-state index contributed by atoms with van der Waals surface area (Å²) in [4.78, 5) is 4.36. The van der Waals surface area contributed by atoms with E-state index in [-0.39, 0.29) is 0 Å². The summed E-state index contributed by atoms with van der Waals surface area (Å²) in [7, 11) is 0. The second-order valence-electron chi connectivity index (χ2n) is 4.52. The van der Waals surface area contributed by atoms with Gasteiger partial charge in [0.15, 0.2) is 5.82 Å². The molecule has 2 aromatic rings. The van der Waals surface area contributed by atoms with E-state index in [1.165, 1.54) is 5.56 Å². The normalized spacial score (nSPS) is 10.8. The molecule has 0 spiro atoms. The molecule has 4 nitrogen and oxygen atoms in total. The van der Waals surface area contributed by atoms with Crippen molar-refractivity contribution >= 4 is 0 Å². The molecule has 0 saturated carbocycles. The van der Waals surface area contributed by atoms with Crippen LogP contribution in [0.25, 0.3) is 0 Å². The maximum atomic E-state index is 5.44. The van der Waals surface area contributed by atoms with Crippen molar-refractivity contribution in [3.05, 3.63) is 54.0 Å². The van der Waals surface area contributed by atoms with E-state index in [0.717, 1.165) is 44.5 Å². The summed E-state index contributed by atoms with van der Waals surface area (Å²) >= 11 is 0. The van der Waals surface area contributed by atoms with Gasteiger partial charge >= 0.3 is 0 Å². The van der Waals surface area contributed by atoms with Gasteiger partial charge in [0.1, 0.15) is 0 Å². The molecular weight excluding hydrogens is 238 g/mol. The van der Waals surface area contributed by atoms with Crippen LogP contribution in [0.4, 0.5) is 0 Å². The zero-order valence-electron chi connectivity index (χ0n) is 11.1. The minimum absolute atomic E-state index is 0.625. The van der Waals surface area contributed by atoms with E-state index in [4.69, 9.17) is 10.3 Å². The van der Waals surface area contributed by atoms with Gasteiger partial charge in [0.2, 0.25) is 5.89 Å². The third-order valence-electron chi connectivity index (χ3n) is 2.94. The highest BCUT2D eigenvalue weighted by molar-refractivity contribution is 5.15. The first-order valence-corrected chi connectivity index (χ1v) is 6.78. The number of rotatable bonds is 8. The monoisotopic (exact) mass is 258 g/mol. The van der Waals surface area contributed by atoms with Crippen LogP contribution in [0.15, 0.2) is 34.9 Å². The number of aryl methyl sites for hydroxylation is 2. The number of hydrogen-bond donors (Lipinski definition) is 1. The number of nitrogens with two attached hydrogens (primary N) is 1. The van der Waals surface area contributed by atoms with Gasteiger partial charge < -0.3 is 10.3 Å². The maximum Gasteiger partial charge on any atom is 0.230 e. The SMILES string of the molecule is NCCCC[CH]c1nc(CCc2ccccc2)no1. The van der Waals surface area contributed by atoms with E-state index in [1.807, 2.05) is 24.6 Å². The second kappa shape index (κ2) is 7.69. The van der Waals surface area contributed by atoms with Crippen molar-refractivity contribution in [1.29, 1.82) is 0 Å². The van der Waals surface area contributed by atoms with Gasteiger partial charge in [-0.1, -0.05) is 41.9 Å². The quantitative estimate of drug-likeness (QED) is 0.739. The summed E-state index contributed by atoms with van der Waals surface area (Å²) in [5, 5.41) is 3.99. The lowest BCUT2D eigenvalue weighted by Gasteiger charge is -1.96. The van der Waals surface area contributed by atoms with Crippen molar-refractivity contribution in [2.75, 3.05) is 6.54 Å². The molecule has 1 radical (unpaired) electrons. The molecule has 1 aromatic heterocycles. The molecule has 19 heavy (non-hydrogen) atoms. The van der Waals surface area contributed by atoms with Gasteiger partial charge in [0.25, 0.3) is 0 Å². The van der Waals surface area contributed by atoms with Crippen molar-refractivity contribution in [2.45, 2.75) is 32.1 Å². The molecule has 1 heterocycles. The Hall–Kier alpha value is -1.68. The first-order valence-electron chi connectivity index (χ1n) is 6.78. The molecular formula is C15H20N3O. The van der Waals surface area contributed by atoms with Crippen molar-refractivity contribution in [1.82, 2.24) is 10.1 Å². The molecule has 0 aliphatic carbocycles. The highest BCUT2D eigenvalue weighted by Crippen LogP contribution is 2.09. The first kappa shape index (κ1) is 13.7. The largest absolute Gasteiger partial charge is 0.339 e. The molecule has 0 bridgehead atoms. The smallest absolute Gasteiger partial charge is 0.230 e. The van der Waals surface area contributed by atoms with Crippen LogP contribution in [0.3, 0.4) is 0 Å². The topological polar surface area (TPSA) is 64.9 Å². The van der Waals surface area contributed by atoms with E-state index in [1.54, 1.807) is 0 Å². The van der Waals surface area contributed by atoms with E-state index in [2.05, 4.69) is 22.3 Å². The van der Waals surface area contributed by atoms with Crippen LogP contribution < -0.4 is 5.73 Å². The number of aromatic nitrogens is 2. The summed E-state index contributed by atoms with van der Waals surface area (Å²) in [5.74, 6) is 1.40. The highest BCUT2D eigenvalue weighted by Gasteiger charge is 2.06. The summed E-state index contributed by atoms with van der Waals surface area (Å²) in [6, 6.07) is 10.3. The summed E-state index contributed by atoms with van der Waals surface area (Å²) < 4.78 is 5.19. The molecule has 2 N–H and O–H groups in total. The zero-order chi connectivity index (χ0) is 13.3. The summed E-state index contributed by atoms with van der Waals surface area (Å²) in [6.45, 7) is 0.736. The van der Waals surface area contributed by atoms with E-state index >= 15 is 0 Å². The van der Waals surface area contributed by atoms with Crippen LogP contribution >= 0.6 is 0 Å². The average Bonchev–Trinajstić information content (AvgIpc) is 2.91.